The number of methoxy groups -OCH3 is 2. The molecule has 1 aromatic carbocycles. The third kappa shape index (κ3) is 3.94. The Hall–Kier alpha value is -2.80. The number of aromatic nitrogens is 2. The number of rotatable bonds is 7. The molecule has 1 aliphatic rings. The van der Waals surface area contributed by atoms with Gasteiger partial charge in [0.25, 0.3) is 0 Å². The molecular weight excluding hydrogens is 382 g/mol. The van der Waals surface area contributed by atoms with Crippen molar-refractivity contribution in [2.45, 2.75) is 51.7 Å². The second-order valence-electron chi connectivity index (χ2n) is 8.18. The SMILES string of the molecule is COC(=O)Cn1cc(CN2CCC[C@H]2c2cc(C(C)C)on2)c2cc(OC)ccc21. The normalized spacial score (nSPS) is 17.2. The number of benzene rings is 1. The number of likely N-dealkylation sites (tertiary alicyclic amines) is 1. The Morgan fingerprint density at radius 3 is 2.83 bits per heavy atom. The maximum atomic E-state index is 11.9. The molecule has 0 saturated carbocycles. The van der Waals surface area contributed by atoms with E-state index in [9.17, 15) is 4.79 Å². The maximum Gasteiger partial charge on any atom is 0.325 e. The van der Waals surface area contributed by atoms with Gasteiger partial charge < -0.3 is 18.6 Å². The Labute approximate surface area is 176 Å². The molecule has 1 aliphatic heterocycles. The van der Waals surface area contributed by atoms with E-state index < -0.39 is 0 Å². The van der Waals surface area contributed by atoms with Gasteiger partial charge in [-0.3, -0.25) is 9.69 Å². The molecule has 0 spiro atoms. The summed E-state index contributed by atoms with van der Waals surface area (Å²) in [4.78, 5) is 14.3. The van der Waals surface area contributed by atoms with Gasteiger partial charge in [-0.05, 0) is 43.1 Å². The van der Waals surface area contributed by atoms with Crippen molar-refractivity contribution < 1.29 is 18.8 Å². The minimum Gasteiger partial charge on any atom is -0.497 e. The summed E-state index contributed by atoms with van der Waals surface area (Å²) < 4.78 is 17.8. The summed E-state index contributed by atoms with van der Waals surface area (Å²) in [5, 5.41) is 5.44. The molecule has 2 aromatic heterocycles. The Balaban J connectivity index is 1.65. The number of nitrogens with zero attached hydrogens (tertiary/aromatic N) is 3. The molecular formula is C23H29N3O4. The van der Waals surface area contributed by atoms with Gasteiger partial charge in [0, 0.05) is 35.6 Å². The van der Waals surface area contributed by atoms with E-state index >= 15 is 0 Å². The van der Waals surface area contributed by atoms with Gasteiger partial charge in [-0.15, -0.1) is 0 Å². The summed E-state index contributed by atoms with van der Waals surface area (Å²) in [5.41, 5.74) is 3.16. The van der Waals surface area contributed by atoms with Crippen LogP contribution in [0, 0.1) is 0 Å². The van der Waals surface area contributed by atoms with Gasteiger partial charge in [-0.2, -0.15) is 0 Å². The first-order valence-electron chi connectivity index (χ1n) is 10.4. The predicted octanol–water partition coefficient (Wildman–Crippen LogP) is 4.27. The number of carbonyl (C=O) groups is 1. The van der Waals surface area contributed by atoms with E-state index in [0.717, 1.165) is 59.6 Å². The van der Waals surface area contributed by atoms with Gasteiger partial charge in [0.05, 0.1) is 20.3 Å². The molecule has 1 fully saturated rings. The molecule has 1 atom stereocenters. The van der Waals surface area contributed by atoms with Crippen molar-refractivity contribution in [1.29, 1.82) is 0 Å². The molecule has 0 radical (unpaired) electrons. The summed E-state index contributed by atoms with van der Waals surface area (Å²) in [6.45, 7) is 6.18. The van der Waals surface area contributed by atoms with Crippen LogP contribution in [0.3, 0.4) is 0 Å². The average Bonchev–Trinajstić information content (AvgIpc) is 3.47. The molecule has 3 heterocycles. The lowest BCUT2D eigenvalue weighted by atomic mass is 10.1. The minimum absolute atomic E-state index is 0.184. The first-order valence-corrected chi connectivity index (χ1v) is 10.4. The summed E-state index contributed by atoms with van der Waals surface area (Å²) in [7, 11) is 3.08. The lowest BCUT2D eigenvalue weighted by Gasteiger charge is -2.22. The third-order valence-electron chi connectivity index (χ3n) is 5.89. The smallest absolute Gasteiger partial charge is 0.325 e. The molecule has 160 valence electrons. The Kier molecular flexibility index (Phi) is 5.81. The number of esters is 1. The first-order chi connectivity index (χ1) is 14.5. The zero-order valence-corrected chi connectivity index (χ0v) is 18.1. The van der Waals surface area contributed by atoms with E-state index in [2.05, 4.69) is 36.2 Å². The van der Waals surface area contributed by atoms with Crippen molar-refractivity contribution in [2.75, 3.05) is 20.8 Å². The highest BCUT2D eigenvalue weighted by molar-refractivity contribution is 5.86. The van der Waals surface area contributed by atoms with E-state index in [1.807, 2.05) is 22.8 Å². The highest BCUT2D eigenvalue weighted by Crippen LogP contribution is 2.35. The van der Waals surface area contributed by atoms with Gasteiger partial charge in [0.1, 0.15) is 23.7 Å². The summed E-state index contributed by atoms with van der Waals surface area (Å²) in [6.07, 6.45) is 4.24. The lowest BCUT2D eigenvalue weighted by Crippen LogP contribution is -2.23. The van der Waals surface area contributed by atoms with Gasteiger partial charge in [-0.1, -0.05) is 19.0 Å². The van der Waals surface area contributed by atoms with Crippen LogP contribution in [0.5, 0.6) is 5.75 Å². The summed E-state index contributed by atoms with van der Waals surface area (Å²) >= 11 is 0. The molecule has 0 N–H and O–H groups in total. The van der Waals surface area contributed by atoms with E-state index in [-0.39, 0.29) is 18.6 Å². The van der Waals surface area contributed by atoms with E-state index in [0.29, 0.717) is 5.92 Å². The van der Waals surface area contributed by atoms with Crippen LogP contribution in [-0.4, -0.2) is 41.4 Å². The van der Waals surface area contributed by atoms with Crippen molar-refractivity contribution in [3.8, 4) is 5.75 Å². The Morgan fingerprint density at radius 2 is 2.13 bits per heavy atom. The van der Waals surface area contributed by atoms with Crippen LogP contribution in [0.15, 0.2) is 35.0 Å². The molecule has 7 nitrogen and oxygen atoms in total. The van der Waals surface area contributed by atoms with Crippen molar-refractivity contribution in [3.05, 3.63) is 47.5 Å². The maximum absolute atomic E-state index is 11.9. The molecule has 0 amide bonds. The second-order valence-corrected chi connectivity index (χ2v) is 8.18. The Morgan fingerprint density at radius 1 is 1.30 bits per heavy atom. The van der Waals surface area contributed by atoms with Crippen LogP contribution < -0.4 is 4.74 Å². The molecule has 3 aromatic rings. The van der Waals surface area contributed by atoms with Gasteiger partial charge in [0.15, 0.2) is 0 Å². The highest BCUT2D eigenvalue weighted by Gasteiger charge is 2.30. The highest BCUT2D eigenvalue weighted by atomic mass is 16.5. The zero-order valence-electron chi connectivity index (χ0n) is 18.1. The molecule has 30 heavy (non-hydrogen) atoms. The topological polar surface area (TPSA) is 69.7 Å². The zero-order chi connectivity index (χ0) is 21.3. The largest absolute Gasteiger partial charge is 0.497 e. The van der Waals surface area contributed by atoms with E-state index in [1.165, 1.54) is 7.11 Å². The van der Waals surface area contributed by atoms with Gasteiger partial charge >= 0.3 is 5.97 Å². The summed E-state index contributed by atoms with van der Waals surface area (Å²) in [6, 6.07) is 8.29. The Bertz CT molecular complexity index is 1040. The van der Waals surface area contributed by atoms with Crippen LogP contribution in [-0.2, 0) is 22.6 Å². The van der Waals surface area contributed by atoms with Crippen molar-refractivity contribution in [2.24, 2.45) is 0 Å². The number of hydrogen-bond donors (Lipinski definition) is 0. The average molecular weight is 412 g/mol. The van der Waals surface area contributed by atoms with Crippen LogP contribution in [0.2, 0.25) is 0 Å². The second kappa shape index (κ2) is 8.52. The van der Waals surface area contributed by atoms with Gasteiger partial charge in [0.2, 0.25) is 0 Å². The monoisotopic (exact) mass is 411 g/mol. The predicted molar refractivity (Wildman–Crippen MR) is 113 cm³/mol. The van der Waals surface area contributed by atoms with Crippen LogP contribution in [0.4, 0.5) is 0 Å². The van der Waals surface area contributed by atoms with Crippen LogP contribution in [0.1, 0.15) is 55.7 Å². The van der Waals surface area contributed by atoms with Crippen molar-refractivity contribution in [1.82, 2.24) is 14.6 Å². The van der Waals surface area contributed by atoms with E-state index in [1.54, 1.807) is 7.11 Å². The minimum atomic E-state index is -0.267. The van der Waals surface area contributed by atoms with Crippen molar-refractivity contribution in [3.63, 3.8) is 0 Å². The number of hydrogen-bond acceptors (Lipinski definition) is 6. The number of carbonyl (C=O) groups excluding carboxylic acids is 1. The van der Waals surface area contributed by atoms with Crippen molar-refractivity contribution >= 4 is 16.9 Å². The lowest BCUT2D eigenvalue weighted by molar-refractivity contribution is -0.141. The third-order valence-corrected chi connectivity index (χ3v) is 5.89. The summed E-state index contributed by atoms with van der Waals surface area (Å²) in [5.74, 6) is 1.79. The fourth-order valence-corrected chi connectivity index (χ4v) is 4.24. The molecule has 0 unspecified atom stereocenters. The molecule has 0 bridgehead atoms. The molecule has 7 heteroatoms. The quantitative estimate of drug-likeness (QED) is 0.541. The van der Waals surface area contributed by atoms with E-state index in [4.69, 9.17) is 14.0 Å². The number of fused-ring (bicyclic) bond motifs is 1. The van der Waals surface area contributed by atoms with Crippen LogP contribution in [0.25, 0.3) is 10.9 Å². The van der Waals surface area contributed by atoms with Gasteiger partial charge in [-0.25, -0.2) is 0 Å². The molecule has 1 saturated heterocycles. The fourth-order valence-electron chi connectivity index (χ4n) is 4.24. The fraction of sp³-hybridized carbons (Fsp3) is 0.478. The molecule has 4 rings (SSSR count). The standard InChI is InChI=1S/C23H29N3O4/c1-15(2)22-11-19(24-30-22)21-6-5-9-25(21)12-16-13-26(14-23(27)29-4)20-8-7-17(28-3)10-18(16)20/h7-8,10-11,13,15,21H,5-6,9,12,14H2,1-4H3/t21-/m0/s1. The van der Waals surface area contributed by atoms with Crippen LogP contribution >= 0.6 is 0 Å². The number of ether oxygens (including phenoxy) is 2. The molecule has 0 aliphatic carbocycles. The first kappa shape index (κ1) is 20.5.